The third-order valence-corrected chi connectivity index (χ3v) is 4.45. The van der Waals surface area contributed by atoms with E-state index >= 15 is 0 Å². The SMILES string of the molecule is Cc1cc(C)c2c(CC(=O)Nc3ccccc3Oc3ccccc3)noc2c1. The molecule has 0 aliphatic carbocycles. The normalized spacial score (nSPS) is 10.8. The van der Waals surface area contributed by atoms with Crippen LogP contribution in [-0.4, -0.2) is 11.1 Å². The smallest absolute Gasteiger partial charge is 0.230 e. The van der Waals surface area contributed by atoms with E-state index in [9.17, 15) is 4.79 Å². The number of anilines is 1. The Kier molecular flexibility index (Phi) is 4.81. The fourth-order valence-electron chi connectivity index (χ4n) is 3.26. The molecule has 0 aliphatic rings. The summed E-state index contributed by atoms with van der Waals surface area (Å²) in [5.41, 5.74) is 4.09. The Morgan fingerprint density at radius 2 is 1.79 bits per heavy atom. The lowest BCUT2D eigenvalue weighted by atomic mass is 10.0. The molecule has 1 amide bonds. The summed E-state index contributed by atoms with van der Waals surface area (Å²) >= 11 is 0. The molecule has 0 fully saturated rings. The topological polar surface area (TPSA) is 64.4 Å². The van der Waals surface area contributed by atoms with E-state index in [4.69, 9.17) is 9.26 Å². The summed E-state index contributed by atoms with van der Waals surface area (Å²) < 4.78 is 11.3. The number of nitrogens with one attached hydrogen (secondary N) is 1. The van der Waals surface area contributed by atoms with Crippen LogP contribution in [0.3, 0.4) is 0 Å². The Balaban J connectivity index is 1.54. The molecule has 0 saturated heterocycles. The fraction of sp³-hybridized carbons (Fsp3) is 0.130. The molecule has 1 N–H and O–H groups in total. The highest BCUT2D eigenvalue weighted by Crippen LogP contribution is 2.30. The molecule has 0 spiro atoms. The zero-order chi connectivity index (χ0) is 19.5. The highest BCUT2D eigenvalue weighted by molar-refractivity contribution is 5.96. The number of para-hydroxylation sites is 3. The van der Waals surface area contributed by atoms with Crippen LogP contribution in [0.25, 0.3) is 11.0 Å². The number of hydrogen-bond donors (Lipinski definition) is 1. The lowest BCUT2D eigenvalue weighted by molar-refractivity contribution is -0.115. The van der Waals surface area contributed by atoms with Gasteiger partial charge in [0.05, 0.1) is 12.1 Å². The lowest BCUT2D eigenvalue weighted by Crippen LogP contribution is -2.15. The number of fused-ring (bicyclic) bond motifs is 1. The number of carbonyl (C=O) groups excluding carboxylic acids is 1. The van der Waals surface area contributed by atoms with Gasteiger partial charge in [0.2, 0.25) is 5.91 Å². The summed E-state index contributed by atoms with van der Waals surface area (Å²) in [5.74, 6) is 1.11. The first kappa shape index (κ1) is 17.8. The summed E-state index contributed by atoms with van der Waals surface area (Å²) in [6, 6.07) is 20.8. The summed E-state index contributed by atoms with van der Waals surface area (Å²) in [7, 11) is 0. The molecule has 1 aromatic heterocycles. The van der Waals surface area contributed by atoms with Crippen molar-refractivity contribution in [2.24, 2.45) is 0 Å². The van der Waals surface area contributed by atoms with Crippen molar-refractivity contribution in [3.8, 4) is 11.5 Å². The van der Waals surface area contributed by atoms with Crippen molar-refractivity contribution < 1.29 is 14.1 Å². The number of amides is 1. The molecular weight excluding hydrogens is 352 g/mol. The molecule has 3 aromatic carbocycles. The van der Waals surface area contributed by atoms with E-state index in [0.29, 0.717) is 28.5 Å². The van der Waals surface area contributed by atoms with Crippen LogP contribution in [-0.2, 0) is 11.2 Å². The van der Waals surface area contributed by atoms with Crippen molar-refractivity contribution in [2.75, 3.05) is 5.32 Å². The van der Waals surface area contributed by atoms with Crippen molar-refractivity contribution in [3.63, 3.8) is 0 Å². The van der Waals surface area contributed by atoms with E-state index < -0.39 is 0 Å². The maximum Gasteiger partial charge on any atom is 0.230 e. The fourth-order valence-corrected chi connectivity index (χ4v) is 3.26. The third kappa shape index (κ3) is 3.74. The molecule has 0 atom stereocenters. The Morgan fingerprint density at radius 3 is 2.61 bits per heavy atom. The first-order valence-corrected chi connectivity index (χ1v) is 9.07. The van der Waals surface area contributed by atoms with E-state index in [1.807, 2.05) is 74.5 Å². The molecule has 0 saturated carbocycles. The van der Waals surface area contributed by atoms with Gasteiger partial charge >= 0.3 is 0 Å². The van der Waals surface area contributed by atoms with Gasteiger partial charge in [0.15, 0.2) is 11.3 Å². The molecule has 5 heteroatoms. The minimum atomic E-state index is -0.181. The van der Waals surface area contributed by atoms with Crippen molar-refractivity contribution in [1.29, 1.82) is 0 Å². The molecule has 0 unspecified atom stereocenters. The van der Waals surface area contributed by atoms with Crippen LogP contribution in [0.15, 0.2) is 71.3 Å². The quantitative estimate of drug-likeness (QED) is 0.508. The second-order valence-corrected chi connectivity index (χ2v) is 6.72. The molecule has 1 heterocycles. The number of carbonyl (C=O) groups is 1. The number of ether oxygens (including phenoxy) is 1. The zero-order valence-electron chi connectivity index (χ0n) is 15.7. The Morgan fingerprint density at radius 1 is 1.04 bits per heavy atom. The summed E-state index contributed by atoms with van der Waals surface area (Å²) in [6.07, 6.45) is 0.122. The number of aryl methyl sites for hydroxylation is 2. The minimum absolute atomic E-state index is 0.122. The summed E-state index contributed by atoms with van der Waals surface area (Å²) in [5, 5.41) is 7.92. The first-order valence-electron chi connectivity index (χ1n) is 9.07. The maximum absolute atomic E-state index is 12.7. The molecule has 140 valence electrons. The van der Waals surface area contributed by atoms with E-state index in [-0.39, 0.29) is 12.3 Å². The van der Waals surface area contributed by atoms with Gasteiger partial charge in [-0.3, -0.25) is 4.79 Å². The highest BCUT2D eigenvalue weighted by atomic mass is 16.5. The predicted octanol–water partition coefficient (Wildman–Crippen LogP) is 5.42. The van der Waals surface area contributed by atoms with Crippen molar-refractivity contribution in [1.82, 2.24) is 5.16 Å². The summed E-state index contributed by atoms with van der Waals surface area (Å²) in [4.78, 5) is 12.7. The molecule has 5 nitrogen and oxygen atoms in total. The van der Waals surface area contributed by atoms with Gasteiger partial charge in [-0.1, -0.05) is 41.6 Å². The number of rotatable bonds is 5. The van der Waals surface area contributed by atoms with Crippen LogP contribution in [0.5, 0.6) is 11.5 Å². The van der Waals surface area contributed by atoms with Crippen LogP contribution in [0.1, 0.15) is 16.8 Å². The second kappa shape index (κ2) is 7.56. The number of nitrogens with zero attached hydrogens (tertiary/aromatic N) is 1. The average Bonchev–Trinajstić information content (AvgIpc) is 3.07. The summed E-state index contributed by atoms with van der Waals surface area (Å²) in [6.45, 7) is 4.00. The monoisotopic (exact) mass is 372 g/mol. The Bertz CT molecular complexity index is 1130. The highest BCUT2D eigenvalue weighted by Gasteiger charge is 2.16. The minimum Gasteiger partial charge on any atom is -0.455 e. The molecule has 0 radical (unpaired) electrons. The molecule has 4 aromatic rings. The van der Waals surface area contributed by atoms with Crippen molar-refractivity contribution >= 4 is 22.6 Å². The van der Waals surface area contributed by atoms with Crippen LogP contribution in [0.4, 0.5) is 5.69 Å². The standard InChI is InChI=1S/C23H20N2O3/c1-15-12-16(2)23-19(25-28-21(23)13-15)14-22(26)24-18-10-6-7-11-20(18)27-17-8-4-3-5-9-17/h3-13H,14H2,1-2H3,(H,24,26). The van der Waals surface area contributed by atoms with Gasteiger partial charge in [0.1, 0.15) is 11.4 Å². The molecule has 28 heavy (non-hydrogen) atoms. The predicted molar refractivity (Wildman–Crippen MR) is 109 cm³/mol. The molecule has 0 bridgehead atoms. The van der Waals surface area contributed by atoms with Gasteiger partial charge in [0.25, 0.3) is 0 Å². The lowest BCUT2D eigenvalue weighted by Gasteiger charge is -2.12. The molecule has 4 rings (SSSR count). The largest absolute Gasteiger partial charge is 0.455 e. The van der Waals surface area contributed by atoms with Crippen LogP contribution >= 0.6 is 0 Å². The van der Waals surface area contributed by atoms with E-state index in [2.05, 4.69) is 16.5 Å². The second-order valence-electron chi connectivity index (χ2n) is 6.72. The molecule has 0 aliphatic heterocycles. The van der Waals surface area contributed by atoms with Gasteiger partial charge < -0.3 is 14.6 Å². The van der Waals surface area contributed by atoms with Crippen LogP contribution < -0.4 is 10.1 Å². The number of hydrogen-bond acceptors (Lipinski definition) is 4. The Hall–Kier alpha value is -3.60. The first-order chi connectivity index (χ1) is 13.6. The third-order valence-electron chi connectivity index (χ3n) is 4.45. The van der Waals surface area contributed by atoms with Crippen molar-refractivity contribution in [3.05, 3.63) is 83.6 Å². The van der Waals surface area contributed by atoms with Crippen LogP contribution in [0.2, 0.25) is 0 Å². The van der Waals surface area contributed by atoms with Gasteiger partial charge in [-0.05, 0) is 55.3 Å². The van der Waals surface area contributed by atoms with E-state index in [1.54, 1.807) is 0 Å². The average molecular weight is 372 g/mol. The molecular formula is C23H20N2O3. The van der Waals surface area contributed by atoms with Gasteiger partial charge in [0, 0.05) is 5.39 Å². The van der Waals surface area contributed by atoms with Gasteiger partial charge in [-0.25, -0.2) is 0 Å². The Labute approximate surface area is 162 Å². The van der Waals surface area contributed by atoms with Gasteiger partial charge in [-0.15, -0.1) is 0 Å². The van der Waals surface area contributed by atoms with E-state index in [1.165, 1.54) is 0 Å². The van der Waals surface area contributed by atoms with Crippen LogP contribution in [0, 0.1) is 13.8 Å². The zero-order valence-corrected chi connectivity index (χ0v) is 15.7. The van der Waals surface area contributed by atoms with Gasteiger partial charge in [-0.2, -0.15) is 0 Å². The van der Waals surface area contributed by atoms with Crippen molar-refractivity contribution in [2.45, 2.75) is 20.3 Å². The van der Waals surface area contributed by atoms with E-state index in [0.717, 1.165) is 16.5 Å². The number of aromatic nitrogens is 1. The maximum atomic E-state index is 12.7. The number of benzene rings is 3.